The van der Waals surface area contributed by atoms with Crippen LogP contribution in [0, 0.1) is 0 Å². The summed E-state index contributed by atoms with van der Waals surface area (Å²) < 4.78 is 13.9. The summed E-state index contributed by atoms with van der Waals surface area (Å²) >= 11 is 0. The molecular weight excluding hydrogens is 191 g/mol. The number of aromatic nitrogens is 1. The number of benzene rings is 1. The molecule has 0 radical (unpaired) electrons. The molecule has 0 aliphatic carbocycles. The summed E-state index contributed by atoms with van der Waals surface area (Å²) in [5.41, 5.74) is 7.36. The van der Waals surface area contributed by atoms with Gasteiger partial charge in [-0.05, 0) is 24.3 Å². The number of hydrogen-bond acceptors (Lipinski definition) is 1. The van der Waals surface area contributed by atoms with Crippen molar-refractivity contribution in [2.24, 2.45) is 0 Å². The molecule has 0 aliphatic heterocycles. The van der Waals surface area contributed by atoms with E-state index in [4.69, 9.17) is 5.73 Å². The highest BCUT2D eigenvalue weighted by Crippen LogP contribution is 2.30. The summed E-state index contributed by atoms with van der Waals surface area (Å²) in [4.78, 5) is 0.745. The van der Waals surface area contributed by atoms with Crippen LogP contribution in [0.1, 0.15) is 26.5 Å². The van der Waals surface area contributed by atoms with Crippen molar-refractivity contribution in [1.82, 2.24) is 4.79 Å². The van der Waals surface area contributed by atoms with Gasteiger partial charge in [-0.25, -0.2) is 0 Å². The summed E-state index contributed by atoms with van der Waals surface area (Å²) in [7, 11) is 0. The van der Waals surface area contributed by atoms with Crippen molar-refractivity contribution in [3.63, 3.8) is 0 Å². The van der Waals surface area contributed by atoms with Gasteiger partial charge in [0.1, 0.15) is 0 Å². The van der Waals surface area contributed by atoms with Gasteiger partial charge >= 0.3 is 0 Å². The van der Waals surface area contributed by atoms with E-state index in [0.29, 0.717) is 16.9 Å². The lowest BCUT2D eigenvalue weighted by atomic mass is 9.92. The molecule has 0 unspecified atom stereocenters. The van der Waals surface area contributed by atoms with E-state index in [1.165, 1.54) is 0 Å². The van der Waals surface area contributed by atoms with Gasteiger partial charge in [0.2, 0.25) is 0 Å². The van der Waals surface area contributed by atoms with E-state index < -0.39 is 0 Å². The average Bonchev–Trinajstić information content (AvgIpc) is 2.42. The van der Waals surface area contributed by atoms with E-state index in [0.717, 1.165) is 10.2 Å². The van der Waals surface area contributed by atoms with Crippen LogP contribution < -0.4 is 5.73 Å². The van der Waals surface area contributed by atoms with E-state index in [2.05, 4.69) is 0 Å². The monoisotopic (exact) mass is 206 g/mol. The molecule has 2 rings (SSSR count). The number of anilines is 1. The molecule has 2 aromatic rings. The molecular formula is C12H15FN2. The van der Waals surface area contributed by atoms with E-state index >= 15 is 0 Å². The lowest BCUT2D eigenvalue weighted by Gasteiger charge is -2.17. The summed E-state index contributed by atoms with van der Waals surface area (Å²) in [6.45, 7) is 5.96. The molecule has 1 aromatic heterocycles. The molecule has 2 N–H and O–H groups in total. The highest BCUT2D eigenvalue weighted by atomic mass is 19.2. The normalized spacial score (nSPS) is 12.3. The van der Waals surface area contributed by atoms with Crippen molar-refractivity contribution >= 4 is 16.6 Å². The Labute approximate surface area is 88.4 Å². The maximum atomic E-state index is 13.9. The Hall–Kier alpha value is -1.51. The first-order valence-corrected chi connectivity index (χ1v) is 4.97. The van der Waals surface area contributed by atoms with Gasteiger partial charge in [0.05, 0.1) is 11.2 Å². The average molecular weight is 206 g/mol. The van der Waals surface area contributed by atoms with E-state index in [1.807, 2.05) is 26.8 Å². The van der Waals surface area contributed by atoms with Crippen molar-refractivity contribution in [3.05, 3.63) is 30.0 Å². The Morgan fingerprint density at radius 1 is 1.20 bits per heavy atom. The lowest BCUT2D eigenvalue weighted by molar-refractivity contribution is 0.342. The Bertz CT molecular complexity index is 506. The smallest absolute Gasteiger partial charge is 0.0817 e. The minimum absolute atomic E-state index is 0.206. The Balaban J connectivity index is 2.75. The highest BCUT2D eigenvalue weighted by molar-refractivity contribution is 5.84. The number of nitrogens with two attached hydrogens (primary N) is 1. The molecule has 3 heteroatoms. The standard InChI is InChI=1S/C12H15FN2/c1-12(2,3)11-7-8-6-9(14)4-5-10(8)15(11)13/h4-7H,14H2,1-3H3. The Kier molecular flexibility index (Phi) is 2.00. The predicted molar refractivity (Wildman–Crippen MR) is 61.6 cm³/mol. The molecule has 0 spiro atoms. The van der Waals surface area contributed by atoms with Gasteiger partial charge in [0.15, 0.2) is 0 Å². The predicted octanol–water partition coefficient (Wildman–Crippen LogP) is 3.25. The van der Waals surface area contributed by atoms with Gasteiger partial charge in [-0.2, -0.15) is 4.79 Å². The zero-order valence-corrected chi connectivity index (χ0v) is 9.21. The zero-order valence-electron chi connectivity index (χ0n) is 9.21. The van der Waals surface area contributed by atoms with Gasteiger partial charge in [0.25, 0.3) is 0 Å². The molecule has 0 bridgehead atoms. The topological polar surface area (TPSA) is 30.9 Å². The number of nitrogen functional groups attached to an aromatic ring is 1. The fraction of sp³-hybridized carbons (Fsp3) is 0.333. The van der Waals surface area contributed by atoms with Crippen LogP contribution in [0.25, 0.3) is 10.9 Å². The molecule has 0 saturated heterocycles. The first-order chi connectivity index (χ1) is 6.89. The van der Waals surface area contributed by atoms with Crippen molar-refractivity contribution in [3.8, 4) is 0 Å². The second-order valence-electron chi connectivity index (χ2n) is 4.88. The van der Waals surface area contributed by atoms with E-state index in [1.54, 1.807) is 18.2 Å². The van der Waals surface area contributed by atoms with Gasteiger partial charge in [0, 0.05) is 16.5 Å². The number of halogens is 1. The largest absolute Gasteiger partial charge is 0.399 e. The maximum Gasteiger partial charge on any atom is 0.0817 e. The lowest BCUT2D eigenvalue weighted by Crippen LogP contribution is -2.14. The molecule has 2 nitrogen and oxygen atoms in total. The molecule has 80 valence electrons. The van der Waals surface area contributed by atoms with Crippen LogP contribution >= 0.6 is 0 Å². The Morgan fingerprint density at radius 2 is 1.87 bits per heavy atom. The molecule has 0 atom stereocenters. The molecule has 0 aliphatic rings. The van der Waals surface area contributed by atoms with Crippen LogP contribution in [0.2, 0.25) is 0 Å². The molecule has 0 amide bonds. The van der Waals surface area contributed by atoms with Crippen LogP contribution in [-0.4, -0.2) is 4.79 Å². The number of hydrogen-bond donors (Lipinski definition) is 1. The molecule has 15 heavy (non-hydrogen) atoms. The number of rotatable bonds is 0. The third-order valence-electron chi connectivity index (χ3n) is 2.54. The minimum atomic E-state index is -0.206. The summed E-state index contributed by atoms with van der Waals surface area (Å²) in [6, 6.07) is 7.07. The second kappa shape index (κ2) is 2.99. The molecule has 1 aromatic carbocycles. The minimum Gasteiger partial charge on any atom is -0.399 e. The quantitative estimate of drug-likeness (QED) is 0.659. The van der Waals surface area contributed by atoms with Gasteiger partial charge < -0.3 is 5.73 Å². The Morgan fingerprint density at radius 3 is 2.47 bits per heavy atom. The first kappa shape index (κ1) is 10.0. The van der Waals surface area contributed by atoms with Crippen molar-refractivity contribution in [2.75, 3.05) is 5.73 Å². The third-order valence-corrected chi connectivity index (χ3v) is 2.54. The number of nitrogens with zero attached hydrogens (tertiary/aromatic N) is 1. The summed E-state index contributed by atoms with van der Waals surface area (Å²) in [6.07, 6.45) is 0. The second-order valence-corrected chi connectivity index (χ2v) is 4.88. The number of fused-ring (bicyclic) bond motifs is 1. The van der Waals surface area contributed by atoms with Crippen molar-refractivity contribution in [1.29, 1.82) is 0 Å². The third kappa shape index (κ3) is 1.58. The van der Waals surface area contributed by atoms with E-state index in [9.17, 15) is 4.48 Å². The van der Waals surface area contributed by atoms with Crippen LogP contribution in [0.4, 0.5) is 10.2 Å². The molecule has 1 heterocycles. The van der Waals surface area contributed by atoms with Gasteiger partial charge in [-0.3, -0.25) is 0 Å². The molecule has 0 saturated carbocycles. The zero-order chi connectivity index (χ0) is 11.2. The van der Waals surface area contributed by atoms with Crippen LogP contribution in [0.5, 0.6) is 0 Å². The SMILES string of the molecule is CC(C)(C)c1cc2cc(N)ccc2n1F. The summed E-state index contributed by atoms with van der Waals surface area (Å²) in [5.74, 6) is 0. The molecule has 0 fully saturated rings. The maximum absolute atomic E-state index is 13.9. The van der Waals surface area contributed by atoms with Crippen molar-refractivity contribution in [2.45, 2.75) is 26.2 Å². The summed E-state index contributed by atoms with van der Waals surface area (Å²) in [5, 5.41) is 0.849. The van der Waals surface area contributed by atoms with Gasteiger partial charge in [-0.1, -0.05) is 25.3 Å². The van der Waals surface area contributed by atoms with Gasteiger partial charge in [-0.15, -0.1) is 0 Å². The first-order valence-electron chi connectivity index (χ1n) is 4.97. The van der Waals surface area contributed by atoms with Crippen LogP contribution in [-0.2, 0) is 5.41 Å². The van der Waals surface area contributed by atoms with Crippen LogP contribution in [0.3, 0.4) is 0 Å². The van der Waals surface area contributed by atoms with Crippen molar-refractivity contribution < 1.29 is 4.48 Å². The van der Waals surface area contributed by atoms with E-state index in [-0.39, 0.29) is 5.41 Å². The fourth-order valence-electron chi connectivity index (χ4n) is 1.71. The van der Waals surface area contributed by atoms with Crippen LogP contribution in [0.15, 0.2) is 24.3 Å². The fourth-order valence-corrected chi connectivity index (χ4v) is 1.71. The highest BCUT2D eigenvalue weighted by Gasteiger charge is 2.21.